The number of anilines is 2. The number of pyridine rings is 1. The van der Waals surface area contributed by atoms with E-state index >= 15 is 4.39 Å². The number of nitrogens with zero attached hydrogens (tertiary/aromatic N) is 3. The van der Waals surface area contributed by atoms with Gasteiger partial charge in [-0.2, -0.15) is 0 Å². The zero-order chi connectivity index (χ0) is 26.0. The van der Waals surface area contributed by atoms with Gasteiger partial charge in [-0.05, 0) is 87.5 Å². The average molecular weight is 536 g/mol. The standard InChI is InChI=1S/C29H31ClFN5S/c1-18-22(13-14-26(33-18)36-37-25-12-8-7-11-24(25)30)19-15-20-17-32-28(34-21-9-5-4-6-10-21)35-27(20)23(16-19)29(2,3)31/h7-8,11-17,21H,4-6,9-10H2,1-3H3,(H,33,36)(H,32,34,35). The molecule has 0 unspecified atom stereocenters. The van der Waals surface area contributed by atoms with E-state index in [4.69, 9.17) is 21.6 Å². The molecule has 0 spiro atoms. The van der Waals surface area contributed by atoms with Crippen molar-refractivity contribution < 1.29 is 4.39 Å². The van der Waals surface area contributed by atoms with Gasteiger partial charge in [0, 0.05) is 39.3 Å². The molecule has 0 radical (unpaired) electrons. The van der Waals surface area contributed by atoms with Crippen LogP contribution in [-0.2, 0) is 5.67 Å². The van der Waals surface area contributed by atoms with Gasteiger partial charge in [0.2, 0.25) is 5.95 Å². The molecular weight excluding hydrogens is 505 g/mol. The van der Waals surface area contributed by atoms with Crippen LogP contribution in [0.3, 0.4) is 0 Å². The first-order valence-electron chi connectivity index (χ1n) is 12.7. The van der Waals surface area contributed by atoms with Crippen LogP contribution >= 0.6 is 23.5 Å². The van der Waals surface area contributed by atoms with Crippen molar-refractivity contribution in [1.82, 2.24) is 15.0 Å². The van der Waals surface area contributed by atoms with Gasteiger partial charge in [0.15, 0.2) is 0 Å². The zero-order valence-corrected chi connectivity index (χ0v) is 22.9. The first-order chi connectivity index (χ1) is 17.8. The third kappa shape index (κ3) is 5.99. The highest BCUT2D eigenvalue weighted by molar-refractivity contribution is 8.00. The second-order valence-electron chi connectivity index (χ2n) is 10.1. The molecule has 5 nitrogen and oxygen atoms in total. The van der Waals surface area contributed by atoms with Gasteiger partial charge in [0.1, 0.15) is 11.5 Å². The van der Waals surface area contributed by atoms with E-state index in [-0.39, 0.29) is 0 Å². The molecule has 8 heteroatoms. The lowest BCUT2D eigenvalue weighted by Crippen LogP contribution is -2.23. The Bertz CT molecular complexity index is 1420. The van der Waals surface area contributed by atoms with Crippen LogP contribution in [0.5, 0.6) is 0 Å². The summed E-state index contributed by atoms with van der Waals surface area (Å²) in [6.07, 6.45) is 7.76. The monoisotopic (exact) mass is 535 g/mol. The molecule has 0 atom stereocenters. The van der Waals surface area contributed by atoms with Crippen molar-refractivity contribution in [2.24, 2.45) is 0 Å². The summed E-state index contributed by atoms with van der Waals surface area (Å²) >= 11 is 7.67. The lowest BCUT2D eigenvalue weighted by atomic mass is 9.92. The summed E-state index contributed by atoms with van der Waals surface area (Å²) in [7, 11) is 0. The predicted molar refractivity (Wildman–Crippen MR) is 153 cm³/mol. The smallest absolute Gasteiger partial charge is 0.223 e. The highest BCUT2D eigenvalue weighted by atomic mass is 35.5. The molecule has 37 heavy (non-hydrogen) atoms. The molecule has 2 aromatic carbocycles. The SMILES string of the molecule is Cc1nc(NSc2ccccc2Cl)ccc1-c1cc(C(C)(C)F)c2nc(NC3CCCCC3)ncc2c1. The third-order valence-electron chi connectivity index (χ3n) is 6.76. The molecule has 2 N–H and O–H groups in total. The third-order valence-corrected chi connectivity index (χ3v) is 8.09. The predicted octanol–water partition coefficient (Wildman–Crippen LogP) is 8.72. The Hall–Kier alpha value is -2.90. The number of nitrogens with one attached hydrogen (secondary N) is 2. The molecule has 0 amide bonds. The van der Waals surface area contributed by atoms with Gasteiger partial charge in [0.05, 0.1) is 10.5 Å². The van der Waals surface area contributed by atoms with Crippen LogP contribution < -0.4 is 10.0 Å². The van der Waals surface area contributed by atoms with E-state index in [9.17, 15) is 0 Å². The van der Waals surface area contributed by atoms with Crippen molar-refractivity contribution in [1.29, 1.82) is 0 Å². The summed E-state index contributed by atoms with van der Waals surface area (Å²) in [6.45, 7) is 5.11. The van der Waals surface area contributed by atoms with Gasteiger partial charge in [-0.3, -0.25) is 0 Å². The molecule has 2 aromatic heterocycles. The van der Waals surface area contributed by atoms with Crippen molar-refractivity contribution in [3.05, 3.63) is 71.0 Å². The van der Waals surface area contributed by atoms with Gasteiger partial charge >= 0.3 is 0 Å². The minimum absolute atomic E-state index is 0.379. The molecule has 0 aliphatic heterocycles. The summed E-state index contributed by atoms with van der Waals surface area (Å²) in [5.41, 5.74) is 2.28. The Kier molecular flexibility index (Phi) is 7.54. The molecule has 4 aromatic rings. The van der Waals surface area contributed by atoms with Crippen LogP contribution in [0.15, 0.2) is 59.6 Å². The molecule has 1 aliphatic carbocycles. The second kappa shape index (κ2) is 10.8. The molecule has 1 fully saturated rings. The van der Waals surface area contributed by atoms with E-state index in [0.717, 1.165) is 45.8 Å². The van der Waals surface area contributed by atoms with Crippen LogP contribution in [0.25, 0.3) is 22.0 Å². The van der Waals surface area contributed by atoms with Crippen LogP contribution in [0.4, 0.5) is 16.2 Å². The van der Waals surface area contributed by atoms with Crippen LogP contribution in [0.1, 0.15) is 57.2 Å². The normalized spacial score (nSPS) is 14.6. The van der Waals surface area contributed by atoms with Crippen molar-refractivity contribution in [2.45, 2.75) is 69.5 Å². The van der Waals surface area contributed by atoms with E-state index in [1.807, 2.05) is 55.5 Å². The molecule has 1 saturated carbocycles. The molecular formula is C29H31ClFN5S. The van der Waals surface area contributed by atoms with E-state index in [0.29, 0.717) is 28.1 Å². The Morgan fingerprint density at radius 1 is 1.03 bits per heavy atom. The van der Waals surface area contributed by atoms with Gasteiger partial charge in [-0.25, -0.2) is 19.3 Å². The van der Waals surface area contributed by atoms with E-state index in [1.54, 1.807) is 20.0 Å². The summed E-state index contributed by atoms with van der Waals surface area (Å²) in [6, 6.07) is 15.9. The molecule has 5 rings (SSSR count). The fourth-order valence-corrected chi connectivity index (χ4v) is 5.70. The first-order valence-corrected chi connectivity index (χ1v) is 13.9. The number of alkyl halides is 1. The minimum atomic E-state index is -1.57. The largest absolute Gasteiger partial charge is 0.351 e. The van der Waals surface area contributed by atoms with E-state index in [1.165, 1.54) is 31.2 Å². The second-order valence-corrected chi connectivity index (χ2v) is 11.3. The quantitative estimate of drug-likeness (QED) is 0.231. The fraction of sp³-hybridized carbons (Fsp3) is 0.345. The highest BCUT2D eigenvalue weighted by Crippen LogP contribution is 2.37. The zero-order valence-electron chi connectivity index (χ0n) is 21.3. The number of fused-ring (bicyclic) bond motifs is 1. The van der Waals surface area contributed by atoms with Gasteiger partial charge in [0.25, 0.3) is 0 Å². The maximum absolute atomic E-state index is 15.5. The molecule has 0 saturated heterocycles. The summed E-state index contributed by atoms with van der Waals surface area (Å²) in [5, 5.41) is 4.96. The highest BCUT2D eigenvalue weighted by Gasteiger charge is 2.25. The van der Waals surface area contributed by atoms with Gasteiger partial charge in [-0.15, -0.1) is 0 Å². The number of hydrogen-bond donors (Lipinski definition) is 2. The van der Waals surface area contributed by atoms with Crippen molar-refractivity contribution in [3.63, 3.8) is 0 Å². The molecule has 1 aliphatic rings. The molecule has 192 valence electrons. The minimum Gasteiger partial charge on any atom is -0.351 e. The summed E-state index contributed by atoms with van der Waals surface area (Å²) < 4.78 is 18.7. The van der Waals surface area contributed by atoms with E-state index < -0.39 is 5.67 Å². The topological polar surface area (TPSA) is 62.7 Å². The molecule has 2 heterocycles. The summed E-state index contributed by atoms with van der Waals surface area (Å²) in [4.78, 5) is 15.0. The summed E-state index contributed by atoms with van der Waals surface area (Å²) in [5.74, 6) is 1.29. The fourth-order valence-electron chi connectivity index (χ4n) is 4.81. The Morgan fingerprint density at radius 3 is 2.54 bits per heavy atom. The number of aromatic nitrogens is 3. The van der Waals surface area contributed by atoms with Crippen LogP contribution in [0, 0.1) is 6.92 Å². The van der Waals surface area contributed by atoms with Crippen LogP contribution in [-0.4, -0.2) is 21.0 Å². The van der Waals surface area contributed by atoms with Crippen molar-refractivity contribution in [2.75, 3.05) is 10.0 Å². The number of aryl methyl sites for hydroxylation is 1. The number of rotatable bonds is 7. The van der Waals surface area contributed by atoms with Crippen molar-refractivity contribution in [3.8, 4) is 11.1 Å². The molecule has 0 bridgehead atoms. The number of halogens is 2. The number of hydrogen-bond acceptors (Lipinski definition) is 6. The van der Waals surface area contributed by atoms with Gasteiger partial charge in [-0.1, -0.05) is 43.0 Å². The number of benzene rings is 2. The van der Waals surface area contributed by atoms with E-state index in [2.05, 4.69) is 15.0 Å². The van der Waals surface area contributed by atoms with Crippen LogP contribution in [0.2, 0.25) is 5.02 Å². The first kappa shape index (κ1) is 25.7. The average Bonchev–Trinajstić information content (AvgIpc) is 2.88. The maximum Gasteiger partial charge on any atom is 0.223 e. The van der Waals surface area contributed by atoms with Crippen molar-refractivity contribution >= 4 is 46.2 Å². The lowest BCUT2D eigenvalue weighted by molar-refractivity contribution is 0.223. The Balaban J connectivity index is 1.44. The lowest BCUT2D eigenvalue weighted by Gasteiger charge is -2.23. The van der Waals surface area contributed by atoms with Gasteiger partial charge < -0.3 is 10.0 Å². The Morgan fingerprint density at radius 2 is 1.81 bits per heavy atom. The maximum atomic E-state index is 15.5. The Labute approximate surface area is 226 Å².